The molecule has 0 amide bonds. The normalized spacial score (nSPS) is 12.9. The van der Waals surface area contributed by atoms with Gasteiger partial charge in [-0.15, -0.1) is 0 Å². The molecule has 0 aliphatic rings. The Morgan fingerprint density at radius 1 is 0.309 bits per heavy atom. The lowest BCUT2D eigenvalue weighted by Crippen LogP contribution is -2.30. The predicted octanol–water partition coefficient (Wildman–Crippen LogP) is 18.7. The molecule has 0 aromatic carbocycles. The number of ether oxygens (including phenoxy) is 3. The molecule has 1 atom stereocenters. The van der Waals surface area contributed by atoms with Gasteiger partial charge in [0, 0.05) is 19.3 Å². The fourth-order valence-electron chi connectivity index (χ4n) is 7.33. The van der Waals surface area contributed by atoms with Crippen molar-refractivity contribution in [1.29, 1.82) is 0 Å². The number of hydrogen-bond acceptors (Lipinski definition) is 6. The fourth-order valence-corrected chi connectivity index (χ4v) is 7.33. The van der Waals surface area contributed by atoms with Crippen LogP contribution in [0.2, 0.25) is 0 Å². The molecule has 0 aliphatic heterocycles. The van der Waals surface area contributed by atoms with Crippen molar-refractivity contribution in [2.24, 2.45) is 0 Å². The Labute approximate surface area is 419 Å². The summed E-state index contributed by atoms with van der Waals surface area (Å²) in [5.41, 5.74) is 0. The zero-order chi connectivity index (χ0) is 49.3. The van der Waals surface area contributed by atoms with Crippen LogP contribution in [0, 0.1) is 0 Å². The van der Waals surface area contributed by atoms with Crippen LogP contribution in [0.5, 0.6) is 0 Å². The Morgan fingerprint density at radius 3 is 0.941 bits per heavy atom. The molecule has 6 heteroatoms. The summed E-state index contributed by atoms with van der Waals surface area (Å²) in [6, 6.07) is 0. The maximum absolute atomic E-state index is 12.8. The maximum atomic E-state index is 12.8. The molecule has 6 nitrogen and oxygen atoms in total. The molecular formula is C62H102O6. The van der Waals surface area contributed by atoms with Crippen molar-refractivity contribution in [3.05, 3.63) is 109 Å². The summed E-state index contributed by atoms with van der Waals surface area (Å²) >= 11 is 0. The van der Waals surface area contributed by atoms with E-state index >= 15 is 0 Å². The molecular weight excluding hydrogens is 841 g/mol. The molecule has 0 aromatic rings. The van der Waals surface area contributed by atoms with Gasteiger partial charge in [0.15, 0.2) is 6.10 Å². The lowest BCUT2D eigenvalue weighted by Gasteiger charge is -2.18. The first-order chi connectivity index (χ1) is 33.5. The highest BCUT2D eigenvalue weighted by Gasteiger charge is 2.19. The molecule has 0 aromatic heterocycles. The molecule has 0 saturated carbocycles. The van der Waals surface area contributed by atoms with Gasteiger partial charge in [-0.2, -0.15) is 0 Å². The number of allylic oxidation sites excluding steroid dienone is 18. The average Bonchev–Trinajstić information content (AvgIpc) is 3.34. The summed E-state index contributed by atoms with van der Waals surface area (Å²) in [4.78, 5) is 37.7. The third-order valence-corrected chi connectivity index (χ3v) is 11.5. The van der Waals surface area contributed by atoms with E-state index in [1.54, 1.807) is 0 Å². The van der Waals surface area contributed by atoms with E-state index in [1.165, 1.54) is 83.5 Å². The van der Waals surface area contributed by atoms with Crippen molar-refractivity contribution >= 4 is 17.9 Å². The topological polar surface area (TPSA) is 78.9 Å². The summed E-state index contributed by atoms with van der Waals surface area (Å²) in [5, 5.41) is 0. The minimum absolute atomic E-state index is 0.0955. The maximum Gasteiger partial charge on any atom is 0.306 e. The zero-order valence-corrected chi connectivity index (χ0v) is 44.1. The van der Waals surface area contributed by atoms with E-state index < -0.39 is 6.10 Å². The lowest BCUT2D eigenvalue weighted by atomic mass is 10.1. The van der Waals surface area contributed by atoms with Crippen molar-refractivity contribution in [3.8, 4) is 0 Å². The second-order valence-electron chi connectivity index (χ2n) is 18.1. The number of carbonyl (C=O) groups is 3. The standard InChI is InChI=1S/C62H102O6/c1-4-7-10-13-15-17-19-21-23-25-27-28-29-30-31-32-33-34-35-37-38-40-42-44-46-49-52-55-61(64)67-58-59(57-66-60(63)54-51-48-12-9-6-3)68-62(65)56-53-50-47-45-43-41-39-36-26-24-22-20-18-16-14-11-8-5-2/h7,10,15,17,21,23-24,26-28,30-31,33-34,37-38,42,44,59H,4-6,8-9,11-14,16,18-20,22,25,29,32,35-36,39-41,43,45-58H2,1-3H3/b10-7-,17-15-,23-21-,26-24-,28-27-,31-30-,34-33-,38-37-,44-42-. The smallest absolute Gasteiger partial charge is 0.306 e. The fraction of sp³-hybridized carbons (Fsp3) is 0.661. The lowest BCUT2D eigenvalue weighted by molar-refractivity contribution is -0.167. The molecule has 0 aliphatic carbocycles. The summed E-state index contributed by atoms with van der Waals surface area (Å²) in [5.74, 6) is -0.962. The predicted molar refractivity (Wildman–Crippen MR) is 293 cm³/mol. The van der Waals surface area contributed by atoms with Crippen LogP contribution >= 0.6 is 0 Å². The molecule has 0 spiro atoms. The van der Waals surface area contributed by atoms with Crippen LogP contribution < -0.4 is 0 Å². The summed E-state index contributed by atoms with van der Waals surface area (Å²) in [6.45, 7) is 6.39. The van der Waals surface area contributed by atoms with Crippen molar-refractivity contribution in [1.82, 2.24) is 0 Å². The minimum atomic E-state index is -0.796. The monoisotopic (exact) mass is 943 g/mol. The highest BCUT2D eigenvalue weighted by atomic mass is 16.6. The number of unbranched alkanes of at least 4 members (excludes halogenated alkanes) is 20. The summed E-state index contributed by atoms with van der Waals surface area (Å²) in [7, 11) is 0. The number of rotatable bonds is 49. The number of carbonyl (C=O) groups excluding carboxylic acids is 3. The summed E-state index contributed by atoms with van der Waals surface area (Å²) < 4.78 is 16.7. The highest BCUT2D eigenvalue weighted by Crippen LogP contribution is 2.14. The van der Waals surface area contributed by atoms with E-state index in [1.807, 2.05) is 0 Å². The van der Waals surface area contributed by atoms with E-state index in [4.69, 9.17) is 14.2 Å². The van der Waals surface area contributed by atoms with Gasteiger partial charge in [0.1, 0.15) is 13.2 Å². The van der Waals surface area contributed by atoms with Gasteiger partial charge in [-0.25, -0.2) is 0 Å². The number of hydrogen-bond donors (Lipinski definition) is 0. The first kappa shape index (κ1) is 64.1. The van der Waals surface area contributed by atoms with Crippen molar-refractivity contribution in [2.75, 3.05) is 13.2 Å². The first-order valence-corrected chi connectivity index (χ1v) is 27.9. The average molecular weight is 943 g/mol. The van der Waals surface area contributed by atoms with Gasteiger partial charge in [0.2, 0.25) is 0 Å². The van der Waals surface area contributed by atoms with Crippen molar-refractivity contribution in [2.45, 2.75) is 252 Å². The van der Waals surface area contributed by atoms with E-state index in [0.29, 0.717) is 19.3 Å². The Kier molecular flexibility index (Phi) is 52.4. The van der Waals surface area contributed by atoms with Gasteiger partial charge in [0.25, 0.3) is 0 Å². The minimum Gasteiger partial charge on any atom is -0.462 e. The molecule has 0 N–H and O–H groups in total. The van der Waals surface area contributed by atoms with E-state index in [0.717, 1.165) is 122 Å². The Bertz CT molecular complexity index is 1410. The zero-order valence-electron chi connectivity index (χ0n) is 44.1. The quantitative estimate of drug-likeness (QED) is 0.0262. The van der Waals surface area contributed by atoms with Crippen LogP contribution in [0.25, 0.3) is 0 Å². The molecule has 386 valence electrons. The van der Waals surface area contributed by atoms with Gasteiger partial charge >= 0.3 is 17.9 Å². The molecule has 0 heterocycles. The van der Waals surface area contributed by atoms with E-state index in [2.05, 4.69) is 130 Å². The Hall–Kier alpha value is -3.93. The first-order valence-electron chi connectivity index (χ1n) is 27.9. The molecule has 1 unspecified atom stereocenters. The second-order valence-corrected chi connectivity index (χ2v) is 18.1. The van der Waals surface area contributed by atoms with Gasteiger partial charge < -0.3 is 14.2 Å². The van der Waals surface area contributed by atoms with E-state index in [-0.39, 0.29) is 31.1 Å². The molecule has 0 rings (SSSR count). The largest absolute Gasteiger partial charge is 0.462 e. The third kappa shape index (κ3) is 53.0. The molecule has 68 heavy (non-hydrogen) atoms. The van der Waals surface area contributed by atoms with Crippen LogP contribution in [-0.2, 0) is 28.6 Å². The van der Waals surface area contributed by atoms with Crippen LogP contribution in [0.15, 0.2) is 109 Å². The van der Waals surface area contributed by atoms with Gasteiger partial charge in [-0.1, -0.05) is 226 Å². The van der Waals surface area contributed by atoms with Crippen LogP contribution in [-0.4, -0.2) is 37.2 Å². The van der Waals surface area contributed by atoms with E-state index in [9.17, 15) is 14.4 Å². The van der Waals surface area contributed by atoms with Crippen molar-refractivity contribution in [3.63, 3.8) is 0 Å². The number of esters is 3. The van der Waals surface area contributed by atoms with Crippen molar-refractivity contribution < 1.29 is 28.6 Å². The molecule has 0 bridgehead atoms. The van der Waals surface area contributed by atoms with Crippen LogP contribution in [0.3, 0.4) is 0 Å². The summed E-state index contributed by atoms with van der Waals surface area (Å²) in [6.07, 6.45) is 75.5. The van der Waals surface area contributed by atoms with Gasteiger partial charge in [-0.3, -0.25) is 14.4 Å². The molecule has 0 radical (unpaired) electrons. The van der Waals surface area contributed by atoms with Gasteiger partial charge in [0.05, 0.1) is 0 Å². The molecule has 0 fully saturated rings. The Morgan fingerprint density at radius 2 is 0.574 bits per heavy atom. The van der Waals surface area contributed by atoms with Crippen LogP contribution in [0.1, 0.15) is 245 Å². The SMILES string of the molecule is CC/C=C\C/C=C\C/C=C\C/C=C\C/C=C\C/C=C\C/C=C\C/C=C\CCCCC(=O)OCC(COC(=O)CCCCCCC)OC(=O)CCCCCCCCC/C=C\CCCCCCCCC. The third-order valence-electron chi connectivity index (χ3n) is 11.5. The second kappa shape index (κ2) is 55.7. The molecule has 0 saturated heterocycles. The van der Waals surface area contributed by atoms with Crippen LogP contribution in [0.4, 0.5) is 0 Å². The van der Waals surface area contributed by atoms with Gasteiger partial charge in [-0.05, 0) is 109 Å². The highest BCUT2D eigenvalue weighted by molar-refractivity contribution is 5.71. The Balaban J connectivity index is 4.23.